The van der Waals surface area contributed by atoms with E-state index < -0.39 is 0 Å². The first-order chi connectivity index (χ1) is 15.5. The lowest BCUT2D eigenvalue weighted by Crippen LogP contribution is -2.19. The molecule has 1 aliphatic rings. The first-order valence-corrected chi connectivity index (χ1v) is 10.6. The Morgan fingerprint density at radius 1 is 1.19 bits per heavy atom. The number of fused-ring (bicyclic) bond motifs is 1. The topological polar surface area (TPSA) is 108 Å². The number of rotatable bonds is 7. The lowest BCUT2D eigenvalue weighted by molar-refractivity contribution is -0.116. The van der Waals surface area contributed by atoms with Gasteiger partial charge in [-0.1, -0.05) is 0 Å². The zero-order valence-electron chi connectivity index (χ0n) is 17.9. The number of amides is 1. The number of carbonyl (C=O) groups excluding carboxylic acids is 2. The summed E-state index contributed by atoms with van der Waals surface area (Å²) in [5, 5.41) is 7.95. The fourth-order valence-corrected chi connectivity index (χ4v) is 3.76. The summed E-state index contributed by atoms with van der Waals surface area (Å²) in [6.07, 6.45) is 12.1. The van der Waals surface area contributed by atoms with Gasteiger partial charge in [0.05, 0.1) is 23.1 Å². The van der Waals surface area contributed by atoms with Crippen molar-refractivity contribution in [3.8, 4) is 0 Å². The molecule has 9 heteroatoms. The van der Waals surface area contributed by atoms with Gasteiger partial charge in [0.15, 0.2) is 5.78 Å². The number of ketones is 1. The van der Waals surface area contributed by atoms with Crippen LogP contribution in [0.1, 0.15) is 60.3 Å². The highest BCUT2D eigenvalue weighted by atomic mass is 16.2. The summed E-state index contributed by atoms with van der Waals surface area (Å²) in [6.45, 7) is 4.16. The number of hydrogen-bond acceptors (Lipinski definition) is 6. The second kappa shape index (κ2) is 7.99. The summed E-state index contributed by atoms with van der Waals surface area (Å²) in [5.74, 6) is 0.110. The van der Waals surface area contributed by atoms with Crippen molar-refractivity contribution < 1.29 is 9.59 Å². The van der Waals surface area contributed by atoms with Gasteiger partial charge in [0, 0.05) is 47.7 Å². The van der Waals surface area contributed by atoms with Crippen LogP contribution in [0.4, 0.5) is 5.69 Å². The minimum absolute atomic E-state index is 0.101. The molecule has 4 aromatic rings. The Balaban J connectivity index is 1.35. The van der Waals surface area contributed by atoms with E-state index in [1.807, 2.05) is 30.7 Å². The highest BCUT2D eigenvalue weighted by Gasteiger charge is 2.26. The molecule has 5 rings (SSSR count). The fraction of sp³-hybridized carbons (Fsp3) is 0.304. The molecule has 162 valence electrons. The third-order valence-electron chi connectivity index (χ3n) is 5.54. The molecule has 0 saturated heterocycles. The Hall–Kier alpha value is -3.88. The van der Waals surface area contributed by atoms with E-state index in [1.165, 1.54) is 18.7 Å². The van der Waals surface area contributed by atoms with Crippen LogP contribution in [0.15, 0.2) is 49.4 Å². The molecular formula is C23H23N7O2. The monoisotopic (exact) mass is 429 g/mol. The molecule has 4 aromatic heterocycles. The van der Waals surface area contributed by atoms with Crippen molar-refractivity contribution in [2.45, 2.75) is 45.2 Å². The van der Waals surface area contributed by atoms with E-state index >= 15 is 0 Å². The van der Waals surface area contributed by atoms with Crippen LogP contribution < -0.4 is 5.32 Å². The molecule has 1 saturated carbocycles. The van der Waals surface area contributed by atoms with Gasteiger partial charge in [-0.2, -0.15) is 5.10 Å². The summed E-state index contributed by atoms with van der Waals surface area (Å²) in [5.41, 5.74) is 3.09. The Morgan fingerprint density at radius 2 is 2.03 bits per heavy atom. The van der Waals surface area contributed by atoms with Crippen LogP contribution in [0.2, 0.25) is 0 Å². The van der Waals surface area contributed by atoms with Gasteiger partial charge in [0.25, 0.3) is 0 Å². The molecule has 4 heterocycles. The van der Waals surface area contributed by atoms with Crippen LogP contribution in [-0.2, 0) is 11.3 Å². The molecular weight excluding hydrogens is 406 g/mol. The van der Waals surface area contributed by atoms with E-state index in [9.17, 15) is 9.59 Å². The van der Waals surface area contributed by atoms with E-state index in [0.717, 1.165) is 18.5 Å². The van der Waals surface area contributed by atoms with Crippen molar-refractivity contribution in [3.05, 3.63) is 66.3 Å². The first kappa shape index (κ1) is 20.0. The largest absolute Gasteiger partial charge is 0.329 e. The minimum atomic E-state index is -0.230. The van der Waals surface area contributed by atoms with E-state index in [-0.39, 0.29) is 24.3 Å². The van der Waals surface area contributed by atoms with Gasteiger partial charge in [0.2, 0.25) is 5.91 Å². The van der Waals surface area contributed by atoms with Crippen molar-refractivity contribution in [3.63, 3.8) is 0 Å². The van der Waals surface area contributed by atoms with Gasteiger partial charge < -0.3 is 9.88 Å². The van der Waals surface area contributed by atoms with E-state index in [2.05, 4.69) is 25.4 Å². The van der Waals surface area contributed by atoms with Gasteiger partial charge in [-0.25, -0.2) is 9.97 Å². The van der Waals surface area contributed by atoms with Crippen molar-refractivity contribution >= 4 is 28.4 Å². The highest BCUT2D eigenvalue weighted by Crippen LogP contribution is 2.38. The molecule has 32 heavy (non-hydrogen) atoms. The molecule has 9 nitrogen and oxygen atoms in total. The number of anilines is 1. The maximum atomic E-state index is 13.3. The molecule has 0 unspecified atom stereocenters. The summed E-state index contributed by atoms with van der Waals surface area (Å²) in [7, 11) is 0. The summed E-state index contributed by atoms with van der Waals surface area (Å²) in [4.78, 5) is 38.3. The minimum Gasteiger partial charge on any atom is -0.329 e. The Kier molecular flexibility index (Phi) is 5.01. The smallest absolute Gasteiger partial charge is 0.246 e. The summed E-state index contributed by atoms with van der Waals surface area (Å²) in [6, 6.07) is 3.73. The van der Waals surface area contributed by atoms with Gasteiger partial charge in [-0.15, -0.1) is 0 Å². The molecule has 0 aliphatic heterocycles. The van der Waals surface area contributed by atoms with Crippen LogP contribution in [0.25, 0.3) is 11.0 Å². The van der Waals surface area contributed by atoms with Crippen molar-refractivity contribution in [1.29, 1.82) is 0 Å². The lowest BCUT2D eigenvalue weighted by atomic mass is 10.1. The van der Waals surface area contributed by atoms with Crippen LogP contribution >= 0.6 is 0 Å². The molecule has 1 aliphatic carbocycles. The second-order valence-corrected chi connectivity index (χ2v) is 8.36. The van der Waals surface area contributed by atoms with Crippen LogP contribution in [-0.4, -0.2) is 41.0 Å². The van der Waals surface area contributed by atoms with Crippen LogP contribution in [0, 0.1) is 0 Å². The molecule has 0 atom stereocenters. The number of nitrogens with one attached hydrogen (secondary N) is 1. The number of pyridine rings is 1. The van der Waals surface area contributed by atoms with E-state index in [4.69, 9.17) is 0 Å². The Bertz CT molecular complexity index is 1320. The lowest BCUT2D eigenvalue weighted by Gasteiger charge is -2.07. The van der Waals surface area contributed by atoms with Crippen molar-refractivity contribution in [2.75, 3.05) is 5.32 Å². The van der Waals surface area contributed by atoms with Gasteiger partial charge in [-0.05, 0) is 38.8 Å². The van der Waals surface area contributed by atoms with Gasteiger partial charge >= 0.3 is 0 Å². The standard InChI is InChI=1S/C23H23N7O2/c1-14(2)30-11-19(18-10-25-13-26-23(18)30)22(32)16-7-17(9-24-8-16)27-21(31)12-29-6-5-20(28-29)15-3-4-15/h5-11,13-15H,3-4,12H2,1-2H3,(H,27,31). The average Bonchev–Trinajstić information content (AvgIpc) is 3.40. The molecule has 1 amide bonds. The Labute approximate surface area is 184 Å². The predicted molar refractivity (Wildman–Crippen MR) is 118 cm³/mol. The maximum Gasteiger partial charge on any atom is 0.246 e. The molecule has 0 aromatic carbocycles. The van der Waals surface area contributed by atoms with E-state index in [1.54, 1.807) is 23.1 Å². The summed E-state index contributed by atoms with van der Waals surface area (Å²) >= 11 is 0. The summed E-state index contributed by atoms with van der Waals surface area (Å²) < 4.78 is 3.58. The van der Waals surface area contributed by atoms with Crippen LogP contribution in [0.5, 0.6) is 0 Å². The molecule has 1 N–H and O–H groups in total. The molecule has 1 fully saturated rings. The molecule has 0 radical (unpaired) electrons. The number of aromatic nitrogens is 6. The zero-order chi connectivity index (χ0) is 22.2. The van der Waals surface area contributed by atoms with Gasteiger partial charge in [-0.3, -0.25) is 19.3 Å². The zero-order valence-corrected chi connectivity index (χ0v) is 17.9. The second-order valence-electron chi connectivity index (χ2n) is 8.36. The SMILES string of the molecule is CC(C)n1cc(C(=O)c2cncc(NC(=O)Cn3ccc(C4CC4)n3)c2)c2cncnc21. The highest BCUT2D eigenvalue weighted by molar-refractivity contribution is 6.16. The number of hydrogen-bond donors (Lipinski definition) is 1. The number of nitrogens with zero attached hydrogens (tertiary/aromatic N) is 6. The van der Waals surface area contributed by atoms with E-state index in [0.29, 0.717) is 33.8 Å². The quantitative estimate of drug-likeness (QED) is 0.452. The third kappa shape index (κ3) is 3.89. The fourth-order valence-electron chi connectivity index (χ4n) is 3.76. The third-order valence-corrected chi connectivity index (χ3v) is 5.54. The molecule has 0 bridgehead atoms. The van der Waals surface area contributed by atoms with Crippen molar-refractivity contribution in [1.82, 2.24) is 29.3 Å². The van der Waals surface area contributed by atoms with Crippen LogP contribution in [0.3, 0.4) is 0 Å². The predicted octanol–water partition coefficient (Wildman–Crippen LogP) is 3.35. The maximum absolute atomic E-state index is 13.3. The molecule has 0 spiro atoms. The number of carbonyl (C=O) groups is 2. The first-order valence-electron chi connectivity index (χ1n) is 10.6. The average molecular weight is 429 g/mol. The van der Waals surface area contributed by atoms with Gasteiger partial charge in [0.1, 0.15) is 18.5 Å². The Morgan fingerprint density at radius 3 is 2.81 bits per heavy atom. The normalized spacial score (nSPS) is 13.6. The van der Waals surface area contributed by atoms with Crippen molar-refractivity contribution in [2.24, 2.45) is 0 Å².